The fourth-order valence-electron chi connectivity index (χ4n) is 2.50. The van der Waals surface area contributed by atoms with Gasteiger partial charge in [0.2, 0.25) is 0 Å². The van der Waals surface area contributed by atoms with Crippen molar-refractivity contribution in [2.75, 3.05) is 17.2 Å². The van der Waals surface area contributed by atoms with Gasteiger partial charge >= 0.3 is 0 Å². The van der Waals surface area contributed by atoms with Crippen LogP contribution in [0.4, 0.5) is 11.4 Å². The minimum Gasteiger partial charge on any atom is -0.508 e. The molecule has 1 heterocycles. The highest BCUT2D eigenvalue weighted by atomic mass is 16.3. The molecule has 0 unspecified atom stereocenters. The second kappa shape index (κ2) is 4.26. The fraction of sp³-hybridized carbons (Fsp3) is 0.200. The first-order valence-electron chi connectivity index (χ1n) is 6.14. The summed E-state index contributed by atoms with van der Waals surface area (Å²) in [5.41, 5.74) is 10.3. The van der Waals surface area contributed by atoms with Crippen LogP contribution in [-0.2, 0) is 13.0 Å². The fourth-order valence-corrected chi connectivity index (χ4v) is 2.50. The molecule has 2 aromatic carbocycles. The second-order valence-corrected chi connectivity index (χ2v) is 4.68. The highest BCUT2D eigenvalue weighted by molar-refractivity contribution is 5.60. The number of phenols is 1. The van der Waals surface area contributed by atoms with Crippen molar-refractivity contribution < 1.29 is 5.11 Å². The standard InChI is InChI=1S/C15H16N2O/c16-14-9-13(18)6-5-12(14)10-17-8-7-11-3-1-2-4-15(11)17/h1-6,9,18H,7-8,10,16H2. The van der Waals surface area contributed by atoms with E-state index in [1.54, 1.807) is 12.1 Å². The number of phenolic OH excluding ortho intramolecular Hbond substituents is 1. The lowest BCUT2D eigenvalue weighted by atomic mass is 10.1. The maximum Gasteiger partial charge on any atom is 0.117 e. The lowest BCUT2D eigenvalue weighted by Crippen LogP contribution is -2.20. The van der Waals surface area contributed by atoms with Crippen molar-refractivity contribution in [1.82, 2.24) is 0 Å². The summed E-state index contributed by atoms with van der Waals surface area (Å²) in [5, 5.41) is 9.36. The van der Waals surface area contributed by atoms with Crippen LogP contribution in [0.25, 0.3) is 0 Å². The molecule has 0 radical (unpaired) electrons. The number of nitrogen functional groups attached to an aromatic ring is 1. The molecule has 3 rings (SSSR count). The summed E-state index contributed by atoms with van der Waals surface area (Å²) in [6.45, 7) is 1.82. The molecule has 2 aromatic rings. The molecule has 0 aromatic heterocycles. The highest BCUT2D eigenvalue weighted by Crippen LogP contribution is 2.30. The van der Waals surface area contributed by atoms with Gasteiger partial charge in [-0.15, -0.1) is 0 Å². The number of anilines is 2. The zero-order valence-electron chi connectivity index (χ0n) is 10.1. The van der Waals surface area contributed by atoms with Crippen molar-refractivity contribution in [3.63, 3.8) is 0 Å². The number of aromatic hydroxyl groups is 1. The third-order valence-electron chi connectivity index (χ3n) is 3.47. The van der Waals surface area contributed by atoms with Gasteiger partial charge in [0.1, 0.15) is 5.75 Å². The van der Waals surface area contributed by atoms with E-state index in [9.17, 15) is 5.11 Å². The van der Waals surface area contributed by atoms with Crippen LogP contribution in [0.3, 0.4) is 0 Å². The molecule has 0 aliphatic carbocycles. The first-order valence-corrected chi connectivity index (χ1v) is 6.14. The van der Waals surface area contributed by atoms with E-state index in [-0.39, 0.29) is 5.75 Å². The molecular weight excluding hydrogens is 224 g/mol. The van der Waals surface area contributed by atoms with E-state index < -0.39 is 0 Å². The molecule has 0 bridgehead atoms. The molecule has 3 N–H and O–H groups in total. The number of hydrogen-bond acceptors (Lipinski definition) is 3. The van der Waals surface area contributed by atoms with E-state index in [0.717, 1.165) is 25.1 Å². The zero-order chi connectivity index (χ0) is 12.5. The quantitative estimate of drug-likeness (QED) is 0.793. The molecule has 0 spiro atoms. The van der Waals surface area contributed by atoms with Gasteiger partial charge in [0.15, 0.2) is 0 Å². The van der Waals surface area contributed by atoms with Crippen molar-refractivity contribution in [3.8, 4) is 5.75 Å². The average molecular weight is 240 g/mol. The van der Waals surface area contributed by atoms with Crippen molar-refractivity contribution >= 4 is 11.4 Å². The van der Waals surface area contributed by atoms with Crippen LogP contribution in [0.2, 0.25) is 0 Å². The molecule has 0 saturated heterocycles. The summed E-state index contributed by atoms with van der Waals surface area (Å²) in [5.74, 6) is 0.220. The largest absolute Gasteiger partial charge is 0.508 e. The Labute approximate surface area is 106 Å². The normalized spacial score (nSPS) is 13.7. The lowest BCUT2D eigenvalue weighted by molar-refractivity contribution is 0.475. The molecule has 0 saturated carbocycles. The third-order valence-corrected chi connectivity index (χ3v) is 3.47. The summed E-state index contributed by atoms with van der Waals surface area (Å²) in [4.78, 5) is 2.33. The molecular formula is C15H16N2O. The van der Waals surface area contributed by atoms with Gasteiger partial charge < -0.3 is 15.7 Å². The van der Waals surface area contributed by atoms with Crippen LogP contribution >= 0.6 is 0 Å². The molecule has 3 nitrogen and oxygen atoms in total. The first-order chi connectivity index (χ1) is 8.74. The first kappa shape index (κ1) is 11.0. The molecule has 3 heteroatoms. The zero-order valence-corrected chi connectivity index (χ0v) is 10.1. The molecule has 0 amide bonds. The number of rotatable bonds is 2. The van der Waals surface area contributed by atoms with Crippen LogP contribution in [0.15, 0.2) is 42.5 Å². The Balaban J connectivity index is 1.86. The molecule has 0 fully saturated rings. The predicted molar refractivity (Wildman–Crippen MR) is 73.7 cm³/mol. The third kappa shape index (κ3) is 1.88. The summed E-state index contributed by atoms with van der Waals surface area (Å²) in [6.07, 6.45) is 1.09. The highest BCUT2D eigenvalue weighted by Gasteiger charge is 2.18. The van der Waals surface area contributed by atoms with E-state index in [4.69, 9.17) is 5.73 Å². The van der Waals surface area contributed by atoms with E-state index in [2.05, 4.69) is 29.2 Å². The maximum atomic E-state index is 9.36. The topological polar surface area (TPSA) is 49.5 Å². The smallest absolute Gasteiger partial charge is 0.117 e. The number of nitrogens with two attached hydrogens (primary N) is 1. The molecule has 18 heavy (non-hydrogen) atoms. The van der Waals surface area contributed by atoms with Crippen molar-refractivity contribution in [2.24, 2.45) is 0 Å². The SMILES string of the molecule is Nc1cc(O)ccc1CN1CCc2ccccc21. The summed E-state index contributed by atoms with van der Waals surface area (Å²) >= 11 is 0. The number of benzene rings is 2. The van der Waals surface area contributed by atoms with E-state index >= 15 is 0 Å². The maximum absolute atomic E-state index is 9.36. The number of fused-ring (bicyclic) bond motifs is 1. The van der Waals surface area contributed by atoms with Gasteiger partial charge in [0, 0.05) is 30.5 Å². The van der Waals surface area contributed by atoms with Crippen LogP contribution in [0.5, 0.6) is 5.75 Å². The van der Waals surface area contributed by atoms with Crippen LogP contribution < -0.4 is 10.6 Å². The number of hydrogen-bond donors (Lipinski definition) is 2. The molecule has 92 valence electrons. The molecule has 1 aliphatic rings. The van der Waals surface area contributed by atoms with Gasteiger partial charge in [-0.25, -0.2) is 0 Å². The van der Waals surface area contributed by atoms with Gasteiger partial charge in [-0.1, -0.05) is 24.3 Å². The summed E-state index contributed by atoms with van der Waals surface area (Å²) < 4.78 is 0. The molecule has 0 atom stereocenters. The summed E-state index contributed by atoms with van der Waals surface area (Å²) in [6, 6.07) is 13.7. The monoisotopic (exact) mass is 240 g/mol. The van der Waals surface area contributed by atoms with Gasteiger partial charge in [0.05, 0.1) is 0 Å². The Morgan fingerprint density at radius 1 is 1.17 bits per heavy atom. The van der Waals surface area contributed by atoms with E-state index in [1.165, 1.54) is 11.3 Å². The van der Waals surface area contributed by atoms with Gasteiger partial charge in [0.25, 0.3) is 0 Å². The second-order valence-electron chi connectivity index (χ2n) is 4.68. The Kier molecular flexibility index (Phi) is 2.59. The average Bonchev–Trinajstić information content (AvgIpc) is 2.76. The van der Waals surface area contributed by atoms with E-state index in [0.29, 0.717) is 5.69 Å². The minimum atomic E-state index is 0.220. The Morgan fingerprint density at radius 2 is 2.00 bits per heavy atom. The lowest BCUT2D eigenvalue weighted by Gasteiger charge is -2.20. The predicted octanol–water partition coefficient (Wildman–Crippen LogP) is 2.54. The molecule has 1 aliphatic heterocycles. The Morgan fingerprint density at radius 3 is 2.83 bits per heavy atom. The van der Waals surface area contributed by atoms with Crippen molar-refractivity contribution in [3.05, 3.63) is 53.6 Å². The van der Waals surface area contributed by atoms with Gasteiger partial charge in [-0.2, -0.15) is 0 Å². The minimum absolute atomic E-state index is 0.220. The van der Waals surface area contributed by atoms with Crippen LogP contribution in [0.1, 0.15) is 11.1 Å². The van der Waals surface area contributed by atoms with Crippen LogP contribution in [-0.4, -0.2) is 11.7 Å². The van der Waals surface area contributed by atoms with Gasteiger partial charge in [-0.05, 0) is 29.7 Å². The van der Waals surface area contributed by atoms with Crippen LogP contribution in [0, 0.1) is 0 Å². The van der Waals surface area contributed by atoms with Gasteiger partial charge in [-0.3, -0.25) is 0 Å². The number of nitrogens with zero attached hydrogens (tertiary/aromatic N) is 1. The van der Waals surface area contributed by atoms with E-state index in [1.807, 2.05) is 6.07 Å². The number of para-hydroxylation sites is 1. The summed E-state index contributed by atoms with van der Waals surface area (Å²) in [7, 11) is 0. The van der Waals surface area contributed by atoms with Crippen molar-refractivity contribution in [2.45, 2.75) is 13.0 Å². The van der Waals surface area contributed by atoms with Crippen molar-refractivity contribution in [1.29, 1.82) is 0 Å². The Bertz CT molecular complexity index is 580. The Hall–Kier alpha value is -2.16.